The average molecular weight is 877 g/mol. The van der Waals surface area contributed by atoms with E-state index in [1.165, 1.54) is 36.4 Å². The van der Waals surface area contributed by atoms with Crippen LogP contribution in [0.4, 0.5) is 16.2 Å². The lowest BCUT2D eigenvalue weighted by Gasteiger charge is -2.46. The van der Waals surface area contributed by atoms with Crippen molar-refractivity contribution in [3.63, 3.8) is 0 Å². The van der Waals surface area contributed by atoms with Crippen molar-refractivity contribution < 1.29 is 48.5 Å². The van der Waals surface area contributed by atoms with E-state index < -0.39 is 64.4 Å². The first-order valence-electron chi connectivity index (χ1n) is 20.9. The average Bonchev–Trinajstić information content (AvgIpc) is 3.79. The van der Waals surface area contributed by atoms with Gasteiger partial charge in [-0.1, -0.05) is 90.7 Å². The number of hydrogen-bond acceptors (Lipinski definition) is 12. The molecule has 2 fully saturated rings. The van der Waals surface area contributed by atoms with Crippen LogP contribution >= 0.6 is 0 Å². The lowest BCUT2D eigenvalue weighted by atomic mass is 9.65. The third-order valence-corrected chi connectivity index (χ3v) is 11.9. The van der Waals surface area contributed by atoms with E-state index in [2.05, 4.69) is 23.7 Å². The van der Waals surface area contributed by atoms with Crippen molar-refractivity contribution in [2.24, 2.45) is 5.92 Å². The molecule has 0 radical (unpaired) electrons. The van der Waals surface area contributed by atoms with Gasteiger partial charge >= 0.3 is 12.1 Å². The Morgan fingerprint density at radius 2 is 1.58 bits per heavy atom. The Kier molecular flexibility index (Phi) is 12.9. The van der Waals surface area contributed by atoms with Gasteiger partial charge in [0.2, 0.25) is 11.8 Å². The van der Waals surface area contributed by atoms with E-state index in [4.69, 9.17) is 14.2 Å². The van der Waals surface area contributed by atoms with Crippen LogP contribution in [0.3, 0.4) is 0 Å². The zero-order valence-electron chi connectivity index (χ0n) is 34.9. The molecule has 0 unspecified atom stereocenters. The van der Waals surface area contributed by atoms with Crippen LogP contribution in [-0.2, 0) is 35.9 Å². The molecule has 0 aromatic heterocycles. The Morgan fingerprint density at radius 1 is 0.877 bits per heavy atom. The van der Waals surface area contributed by atoms with E-state index >= 15 is 14.4 Å². The van der Waals surface area contributed by atoms with Crippen molar-refractivity contribution in [1.29, 1.82) is 0 Å². The Bertz CT molecular complexity index is 2680. The number of imide groups is 1. The summed E-state index contributed by atoms with van der Waals surface area (Å²) in [5.41, 5.74) is 0.566. The number of carbonyl (C=O) groups excluding carboxylic acids is 4. The molecule has 8 rings (SSSR count). The molecule has 330 valence electrons. The highest BCUT2D eigenvalue weighted by Gasteiger charge is 2.75. The van der Waals surface area contributed by atoms with Gasteiger partial charge in [-0.15, -0.1) is 6.58 Å². The summed E-state index contributed by atoms with van der Waals surface area (Å²) in [6, 6.07) is 31.9. The Hall–Kier alpha value is -7.64. The number of nitrogens with one attached hydrogen (secondary N) is 1. The molecule has 0 bridgehead atoms. The van der Waals surface area contributed by atoms with Gasteiger partial charge in [-0.2, -0.15) is 0 Å². The summed E-state index contributed by atoms with van der Waals surface area (Å²) in [5.74, 6) is 2.33. The highest BCUT2D eigenvalue weighted by molar-refractivity contribution is 6.23. The molecule has 5 aromatic rings. The van der Waals surface area contributed by atoms with Gasteiger partial charge in [0, 0.05) is 30.7 Å². The third-order valence-electron chi connectivity index (χ3n) is 11.9. The van der Waals surface area contributed by atoms with Gasteiger partial charge in [0.15, 0.2) is 0 Å². The van der Waals surface area contributed by atoms with Crippen LogP contribution in [0, 0.1) is 27.9 Å². The molecule has 6 atom stereocenters. The molecule has 5 aromatic carbocycles. The van der Waals surface area contributed by atoms with Crippen molar-refractivity contribution in [3.05, 3.63) is 184 Å². The van der Waals surface area contributed by atoms with E-state index in [0.717, 1.165) is 4.90 Å². The smallest absolute Gasteiger partial charge is 0.421 e. The van der Waals surface area contributed by atoms with Gasteiger partial charge < -0.3 is 29.7 Å². The van der Waals surface area contributed by atoms with Crippen LogP contribution < -0.4 is 15.0 Å². The monoisotopic (exact) mass is 876 g/mol. The quantitative estimate of drug-likeness (QED) is 0.0411. The van der Waals surface area contributed by atoms with Crippen LogP contribution in [0.25, 0.3) is 0 Å². The molecule has 3 aliphatic rings. The lowest BCUT2D eigenvalue weighted by Crippen LogP contribution is -2.55. The molecule has 0 aliphatic carbocycles. The number of non-ortho nitro benzene ring substituents is 1. The van der Waals surface area contributed by atoms with Crippen molar-refractivity contribution in [2.45, 2.75) is 42.7 Å². The number of anilines is 1. The van der Waals surface area contributed by atoms with Gasteiger partial charge in [-0.05, 0) is 70.3 Å². The lowest BCUT2D eigenvalue weighted by molar-refractivity contribution is -0.384. The number of amides is 3. The van der Waals surface area contributed by atoms with Crippen LogP contribution in [0.5, 0.6) is 5.75 Å². The molecular weight excluding hydrogens is 833 g/mol. The molecule has 65 heavy (non-hydrogen) atoms. The van der Waals surface area contributed by atoms with Gasteiger partial charge in [0.25, 0.3) is 5.69 Å². The largest absolute Gasteiger partial charge is 0.491 e. The second-order valence-corrected chi connectivity index (χ2v) is 15.6. The molecule has 0 saturated carbocycles. The van der Waals surface area contributed by atoms with E-state index in [1.54, 1.807) is 36.4 Å². The molecule has 15 heteroatoms. The normalized spacial score (nSPS) is 21.9. The second kappa shape index (κ2) is 19.0. The zero-order chi connectivity index (χ0) is 45.7. The first-order chi connectivity index (χ1) is 31.6. The standard InChI is InChI=1S/C50H44N4O11/c1-2-25-51-46(57)41-43-47(58)65-44(35-15-7-4-8-16-35)42(34-13-5-3-6-14-34)53(43)45(36-17-11-18-38(30-36)63-28-27-56)50(41)39-29-32(12-9-10-26-55)21-24-40(39)52(48(50)59)49(60)64-31-33-19-22-37(23-20-33)54(61)62/h2-8,11,13-24,29-30,41-45,55-56H,1,10,25-28,31H2,(H,51,57)/t41-,42-,43-,44+,45+,50-/m0/s1. The van der Waals surface area contributed by atoms with Crippen LogP contribution in [-0.4, -0.2) is 76.3 Å². The SMILES string of the molecule is C=CCNC(=O)[C@@H]1[C@H]2C(=O)O[C@H](c3ccccc3)[C@H](c3ccccc3)N2[C@H](c2cccc(OCCO)c2)[C@@]12C(=O)N(C(=O)OCc1ccc([N+](=O)[O-])cc1)c1ccc(C#CCCO)cc12. The fraction of sp³-hybridized carbons (Fsp3) is 0.240. The summed E-state index contributed by atoms with van der Waals surface area (Å²) in [6.07, 6.45) is -0.460. The number of benzene rings is 5. The summed E-state index contributed by atoms with van der Waals surface area (Å²) in [4.78, 5) is 74.7. The molecule has 2 saturated heterocycles. The number of rotatable bonds is 13. The van der Waals surface area contributed by atoms with E-state index in [9.17, 15) is 25.1 Å². The molecule has 3 amide bonds. The van der Waals surface area contributed by atoms with E-state index in [1.807, 2.05) is 65.6 Å². The number of ether oxygens (including phenoxy) is 3. The summed E-state index contributed by atoms with van der Waals surface area (Å²) < 4.78 is 18.2. The number of aliphatic hydroxyl groups is 2. The minimum Gasteiger partial charge on any atom is -0.491 e. The number of aliphatic hydroxyl groups excluding tert-OH is 2. The molecule has 3 aliphatic heterocycles. The van der Waals surface area contributed by atoms with Crippen molar-refractivity contribution in [3.8, 4) is 17.6 Å². The van der Waals surface area contributed by atoms with Gasteiger partial charge in [0.05, 0.1) is 41.8 Å². The van der Waals surface area contributed by atoms with Crippen molar-refractivity contribution in [2.75, 3.05) is 31.3 Å². The topological polar surface area (TPSA) is 198 Å². The second-order valence-electron chi connectivity index (χ2n) is 15.6. The van der Waals surface area contributed by atoms with Crippen LogP contribution in [0.1, 0.15) is 58.0 Å². The number of nitro benzene ring substituents is 1. The summed E-state index contributed by atoms with van der Waals surface area (Å²) in [5, 5.41) is 33.5. The van der Waals surface area contributed by atoms with Gasteiger partial charge in [0.1, 0.15) is 36.5 Å². The number of esters is 1. The predicted molar refractivity (Wildman–Crippen MR) is 236 cm³/mol. The number of nitro groups is 1. The molecule has 3 N–H and O–H groups in total. The number of hydrogen-bond donors (Lipinski definition) is 3. The Labute approximate surface area is 374 Å². The van der Waals surface area contributed by atoms with Crippen molar-refractivity contribution in [1.82, 2.24) is 10.2 Å². The number of carbonyl (C=O) groups is 4. The highest BCUT2D eigenvalue weighted by atomic mass is 16.6. The maximum Gasteiger partial charge on any atom is 0.421 e. The summed E-state index contributed by atoms with van der Waals surface area (Å²) in [6.45, 7) is 2.81. The summed E-state index contributed by atoms with van der Waals surface area (Å²) >= 11 is 0. The molecule has 3 heterocycles. The predicted octanol–water partition coefficient (Wildman–Crippen LogP) is 6.00. The Balaban J connectivity index is 1.41. The first-order valence-corrected chi connectivity index (χ1v) is 20.9. The highest BCUT2D eigenvalue weighted by Crippen LogP contribution is 2.66. The van der Waals surface area contributed by atoms with Crippen LogP contribution in [0.2, 0.25) is 0 Å². The Morgan fingerprint density at radius 3 is 2.26 bits per heavy atom. The minimum atomic E-state index is -2.11. The summed E-state index contributed by atoms with van der Waals surface area (Å²) in [7, 11) is 0. The van der Waals surface area contributed by atoms with Crippen molar-refractivity contribution >= 4 is 35.3 Å². The fourth-order valence-corrected chi connectivity index (χ4v) is 9.33. The maximum atomic E-state index is 16.2. The first kappa shape index (κ1) is 44.0. The maximum absolute atomic E-state index is 16.2. The van der Waals surface area contributed by atoms with E-state index in [0.29, 0.717) is 33.6 Å². The number of fused-ring (bicyclic) bond motifs is 3. The fourth-order valence-electron chi connectivity index (χ4n) is 9.33. The van der Waals surface area contributed by atoms with E-state index in [-0.39, 0.29) is 56.3 Å². The molecule has 15 nitrogen and oxygen atoms in total. The molecular formula is C50H44N4O11. The number of morpholine rings is 1. The van der Waals surface area contributed by atoms with Crippen LogP contribution in [0.15, 0.2) is 140 Å². The zero-order valence-corrected chi connectivity index (χ0v) is 34.9. The third kappa shape index (κ3) is 8.10. The molecule has 1 spiro atoms. The van der Waals surface area contributed by atoms with Gasteiger partial charge in [-0.25, -0.2) is 9.69 Å². The van der Waals surface area contributed by atoms with Gasteiger partial charge in [-0.3, -0.25) is 29.4 Å². The number of cyclic esters (lactones) is 1. The number of nitrogens with zero attached hydrogens (tertiary/aromatic N) is 3. The minimum absolute atomic E-state index is 0.0359.